The fourth-order valence-electron chi connectivity index (χ4n) is 4.80. The van der Waals surface area contributed by atoms with Gasteiger partial charge in [-0.3, -0.25) is 14.6 Å². The standard InChI is InChI=1S/C34H33ClF3N3O4.C2H6/c1-4-45-31-14-12-28(34(36,37)38)19-30(31)21(2)40-41(20-23-5-6-27-18-29(35)13-11-26(27)17-23)22(3)24-7-9-25(10-8-24)33(44)39-16-15-32(42)43;1-2/h5-14,17-19,22H,4,15-16,20H2,1-3H3,(H,39,44)(H,42,43);1-2H3/b40-21+;. The first-order chi connectivity index (χ1) is 22.3. The van der Waals surface area contributed by atoms with E-state index in [4.69, 9.17) is 26.5 Å². The Hall–Kier alpha value is -4.57. The Morgan fingerprint density at radius 3 is 2.28 bits per heavy atom. The molecule has 0 saturated heterocycles. The number of halogens is 4. The molecular weight excluding hydrogens is 631 g/mol. The van der Waals surface area contributed by atoms with Gasteiger partial charge in [0.1, 0.15) is 5.75 Å². The van der Waals surface area contributed by atoms with Crippen molar-refractivity contribution in [2.24, 2.45) is 5.10 Å². The molecule has 1 unspecified atom stereocenters. The number of fused-ring (bicyclic) bond motifs is 1. The maximum Gasteiger partial charge on any atom is 0.416 e. The molecule has 47 heavy (non-hydrogen) atoms. The number of rotatable bonds is 12. The van der Waals surface area contributed by atoms with Crippen LogP contribution in [0.3, 0.4) is 0 Å². The normalized spacial score (nSPS) is 12.1. The van der Waals surface area contributed by atoms with Gasteiger partial charge in [0.2, 0.25) is 0 Å². The molecule has 7 nitrogen and oxygen atoms in total. The summed E-state index contributed by atoms with van der Waals surface area (Å²) >= 11 is 6.15. The summed E-state index contributed by atoms with van der Waals surface area (Å²) in [5.74, 6) is -1.12. The van der Waals surface area contributed by atoms with E-state index in [1.54, 1.807) is 49.2 Å². The Labute approximate surface area is 278 Å². The molecule has 0 aromatic heterocycles. The summed E-state index contributed by atoms with van der Waals surface area (Å²) in [4.78, 5) is 23.2. The Morgan fingerprint density at radius 2 is 1.64 bits per heavy atom. The van der Waals surface area contributed by atoms with Gasteiger partial charge in [-0.05, 0) is 91.2 Å². The molecule has 4 aromatic rings. The number of hydrogen-bond acceptors (Lipinski definition) is 5. The fourth-order valence-corrected chi connectivity index (χ4v) is 4.98. The first-order valence-electron chi connectivity index (χ1n) is 15.3. The summed E-state index contributed by atoms with van der Waals surface area (Å²) < 4.78 is 46.6. The van der Waals surface area contributed by atoms with Crippen molar-refractivity contribution in [2.45, 2.75) is 59.8 Å². The first kappa shape index (κ1) is 36.9. The van der Waals surface area contributed by atoms with E-state index in [-0.39, 0.29) is 31.2 Å². The topological polar surface area (TPSA) is 91.2 Å². The van der Waals surface area contributed by atoms with Gasteiger partial charge in [0, 0.05) is 22.7 Å². The van der Waals surface area contributed by atoms with Crippen LogP contribution >= 0.6 is 11.6 Å². The number of hydrazone groups is 1. The third kappa shape index (κ3) is 10.2. The second-order valence-electron chi connectivity index (χ2n) is 10.4. The maximum atomic E-state index is 13.6. The molecule has 4 aromatic carbocycles. The molecule has 1 atom stereocenters. The van der Waals surface area contributed by atoms with Crippen molar-refractivity contribution in [3.8, 4) is 5.75 Å². The van der Waals surface area contributed by atoms with Crippen molar-refractivity contribution in [3.63, 3.8) is 0 Å². The van der Waals surface area contributed by atoms with Crippen molar-refractivity contribution < 1.29 is 32.6 Å². The summed E-state index contributed by atoms with van der Waals surface area (Å²) in [6, 6.07) is 21.3. The molecule has 0 heterocycles. The summed E-state index contributed by atoms with van der Waals surface area (Å²) in [6.07, 6.45) is -4.73. The van der Waals surface area contributed by atoms with E-state index >= 15 is 0 Å². The van der Waals surface area contributed by atoms with Crippen LogP contribution in [-0.4, -0.2) is 40.9 Å². The molecule has 1 amide bonds. The van der Waals surface area contributed by atoms with Gasteiger partial charge in [0.25, 0.3) is 5.91 Å². The van der Waals surface area contributed by atoms with Gasteiger partial charge in [-0.15, -0.1) is 0 Å². The number of amides is 1. The van der Waals surface area contributed by atoms with Crippen LogP contribution in [0.4, 0.5) is 13.2 Å². The second-order valence-corrected chi connectivity index (χ2v) is 10.9. The average Bonchev–Trinajstić information content (AvgIpc) is 3.04. The van der Waals surface area contributed by atoms with E-state index in [9.17, 15) is 22.8 Å². The summed E-state index contributed by atoms with van der Waals surface area (Å²) in [6.45, 7) is 9.90. The molecule has 0 saturated carbocycles. The number of aliphatic carboxylic acids is 1. The predicted molar refractivity (Wildman–Crippen MR) is 180 cm³/mol. The van der Waals surface area contributed by atoms with Crippen LogP contribution in [0.5, 0.6) is 5.75 Å². The summed E-state index contributed by atoms with van der Waals surface area (Å²) in [5, 5.41) is 20.6. The van der Waals surface area contributed by atoms with E-state index in [1.165, 1.54) is 6.07 Å². The van der Waals surface area contributed by atoms with Crippen LogP contribution in [0.1, 0.15) is 79.7 Å². The first-order valence-corrected chi connectivity index (χ1v) is 15.7. The highest BCUT2D eigenvalue weighted by Crippen LogP contribution is 2.34. The highest BCUT2D eigenvalue weighted by molar-refractivity contribution is 6.31. The number of nitrogens with one attached hydrogen (secondary N) is 1. The van der Waals surface area contributed by atoms with Gasteiger partial charge in [0.15, 0.2) is 0 Å². The Morgan fingerprint density at radius 1 is 0.979 bits per heavy atom. The number of benzene rings is 4. The number of carboxylic acids is 1. The van der Waals surface area contributed by atoms with Crippen LogP contribution in [0.2, 0.25) is 5.02 Å². The molecule has 250 valence electrons. The third-order valence-corrected chi connectivity index (χ3v) is 7.45. The van der Waals surface area contributed by atoms with Crippen LogP contribution in [0.15, 0.2) is 84.0 Å². The van der Waals surface area contributed by atoms with E-state index < -0.39 is 23.6 Å². The molecule has 0 spiro atoms. The lowest BCUT2D eigenvalue weighted by Gasteiger charge is -2.28. The van der Waals surface area contributed by atoms with Crippen LogP contribution in [0.25, 0.3) is 10.8 Å². The number of ether oxygens (including phenoxy) is 1. The molecule has 11 heteroatoms. The maximum absolute atomic E-state index is 13.6. The van der Waals surface area contributed by atoms with Gasteiger partial charge in [-0.2, -0.15) is 18.3 Å². The number of carboxylic acid groups (broad SMARTS) is 1. The molecule has 0 fully saturated rings. The highest BCUT2D eigenvalue weighted by Gasteiger charge is 2.31. The SMILES string of the molecule is CC.CCOc1ccc(C(F)(F)F)cc1/C(C)=N/N(Cc1ccc2cc(Cl)ccc2c1)C(C)c1ccc(C(=O)NCCC(=O)O)cc1. The minimum atomic E-state index is -4.54. The number of nitrogens with zero attached hydrogens (tertiary/aromatic N) is 2. The Balaban J connectivity index is 0.00000294. The van der Waals surface area contributed by atoms with E-state index in [0.717, 1.165) is 34.0 Å². The summed E-state index contributed by atoms with van der Waals surface area (Å²) in [5.41, 5.74) is 1.83. The van der Waals surface area contributed by atoms with Gasteiger partial charge in [0.05, 0.1) is 36.9 Å². The van der Waals surface area contributed by atoms with Gasteiger partial charge in [-0.25, -0.2) is 0 Å². The molecule has 0 bridgehead atoms. The van der Waals surface area contributed by atoms with Crippen LogP contribution < -0.4 is 10.1 Å². The smallest absolute Gasteiger partial charge is 0.416 e. The van der Waals surface area contributed by atoms with E-state index in [1.807, 2.05) is 51.1 Å². The van der Waals surface area contributed by atoms with E-state index in [0.29, 0.717) is 28.6 Å². The Kier molecular flexibility index (Phi) is 13.2. The predicted octanol–water partition coefficient (Wildman–Crippen LogP) is 9.13. The van der Waals surface area contributed by atoms with Crippen LogP contribution in [0, 0.1) is 0 Å². The molecule has 0 aliphatic rings. The van der Waals surface area contributed by atoms with Gasteiger partial charge >= 0.3 is 12.1 Å². The fraction of sp³-hybridized carbons (Fsp3) is 0.306. The largest absolute Gasteiger partial charge is 0.493 e. The minimum Gasteiger partial charge on any atom is -0.493 e. The zero-order chi connectivity index (χ0) is 34.7. The number of carbonyl (C=O) groups is 2. The minimum absolute atomic E-state index is 0.00528. The third-order valence-electron chi connectivity index (χ3n) is 7.21. The van der Waals surface area contributed by atoms with Crippen molar-refractivity contribution in [1.29, 1.82) is 0 Å². The summed E-state index contributed by atoms with van der Waals surface area (Å²) in [7, 11) is 0. The lowest BCUT2D eigenvalue weighted by Crippen LogP contribution is -2.26. The van der Waals surface area contributed by atoms with Crippen molar-refractivity contribution in [3.05, 3.63) is 112 Å². The van der Waals surface area contributed by atoms with E-state index in [2.05, 4.69) is 5.32 Å². The lowest BCUT2D eigenvalue weighted by atomic mass is 10.0. The van der Waals surface area contributed by atoms with Crippen molar-refractivity contribution in [2.75, 3.05) is 13.2 Å². The van der Waals surface area contributed by atoms with Gasteiger partial charge in [-0.1, -0.05) is 55.8 Å². The number of carbonyl (C=O) groups excluding carboxylic acids is 1. The Bertz CT molecular complexity index is 1710. The van der Waals surface area contributed by atoms with Crippen LogP contribution in [-0.2, 0) is 17.5 Å². The second kappa shape index (κ2) is 16.8. The zero-order valence-corrected chi connectivity index (χ0v) is 27.7. The van der Waals surface area contributed by atoms with Crippen molar-refractivity contribution in [1.82, 2.24) is 10.3 Å². The molecule has 2 N–H and O–H groups in total. The van der Waals surface area contributed by atoms with Crippen molar-refractivity contribution >= 4 is 40.0 Å². The average molecular weight is 670 g/mol. The lowest BCUT2D eigenvalue weighted by molar-refractivity contribution is -0.138. The highest BCUT2D eigenvalue weighted by atomic mass is 35.5. The molecule has 0 aliphatic heterocycles. The molecule has 0 radical (unpaired) electrons. The monoisotopic (exact) mass is 669 g/mol. The van der Waals surface area contributed by atoms with Gasteiger partial charge < -0.3 is 15.2 Å². The number of hydrogen-bond donors (Lipinski definition) is 2. The molecule has 0 aliphatic carbocycles. The molecule has 4 rings (SSSR count). The zero-order valence-electron chi connectivity index (χ0n) is 27.0. The number of alkyl halides is 3. The molecular formula is C36H39ClF3N3O4. The quantitative estimate of drug-likeness (QED) is 0.116.